The van der Waals surface area contributed by atoms with Crippen LogP contribution in [0.25, 0.3) is 11.1 Å². The first kappa shape index (κ1) is 15.6. The van der Waals surface area contributed by atoms with Crippen molar-refractivity contribution in [2.24, 2.45) is 0 Å². The lowest BCUT2D eigenvalue weighted by atomic mass is 9.94. The number of hydrogen-bond acceptors (Lipinski definition) is 3. The van der Waals surface area contributed by atoms with Crippen LogP contribution in [0.5, 0.6) is 11.5 Å². The molecule has 3 nitrogen and oxygen atoms in total. The summed E-state index contributed by atoms with van der Waals surface area (Å²) in [6.07, 6.45) is 0. The number of nitriles is 1. The highest BCUT2D eigenvalue weighted by atomic mass is 16.5. The second-order valence-corrected chi connectivity index (χ2v) is 5.76. The van der Waals surface area contributed by atoms with Gasteiger partial charge in [0.2, 0.25) is 0 Å². The van der Waals surface area contributed by atoms with Crippen LogP contribution in [0.15, 0.2) is 60.7 Å². The van der Waals surface area contributed by atoms with Crippen molar-refractivity contribution in [2.45, 2.75) is 13.8 Å². The number of nitrogens with zero attached hydrogens (tertiary/aromatic N) is 1. The Balaban J connectivity index is 2.06. The molecule has 0 spiro atoms. The van der Waals surface area contributed by atoms with Crippen LogP contribution in [0, 0.1) is 25.2 Å². The molecular weight excluding hydrogens is 296 g/mol. The zero-order chi connectivity index (χ0) is 17.1. The maximum absolute atomic E-state index is 9.32. The zero-order valence-electron chi connectivity index (χ0n) is 13.7. The number of rotatable bonds is 3. The summed E-state index contributed by atoms with van der Waals surface area (Å²) in [4.78, 5) is 0. The zero-order valence-corrected chi connectivity index (χ0v) is 13.7. The third kappa shape index (κ3) is 3.09. The number of aryl methyl sites for hydroxylation is 1. The number of nitrogen functional groups attached to an aromatic ring is 1. The summed E-state index contributed by atoms with van der Waals surface area (Å²) in [7, 11) is 0. The van der Waals surface area contributed by atoms with Crippen LogP contribution in [0.3, 0.4) is 0 Å². The van der Waals surface area contributed by atoms with Gasteiger partial charge in [-0.1, -0.05) is 30.3 Å². The SMILES string of the molecule is Cc1cc(Oc2ccccc2)cc(-c2ccc(N)c(C#N)c2C)c1. The second kappa shape index (κ2) is 6.47. The highest BCUT2D eigenvalue weighted by Gasteiger charge is 2.11. The molecule has 0 amide bonds. The van der Waals surface area contributed by atoms with Gasteiger partial charge in [0.05, 0.1) is 5.56 Å². The van der Waals surface area contributed by atoms with E-state index in [4.69, 9.17) is 10.5 Å². The average molecular weight is 314 g/mol. The molecule has 0 saturated carbocycles. The predicted molar refractivity (Wildman–Crippen MR) is 97.0 cm³/mol. The van der Waals surface area contributed by atoms with Crippen LogP contribution in [-0.4, -0.2) is 0 Å². The van der Waals surface area contributed by atoms with E-state index in [2.05, 4.69) is 12.1 Å². The van der Waals surface area contributed by atoms with Crippen LogP contribution in [-0.2, 0) is 0 Å². The van der Waals surface area contributed by atoms with Crippen molar-refractivity contribution >= 4 is 5.69 Å². The van der Waals surface area contributed by atoms with Crippen molar-refractivity contribution in [3.05, 3.63) is 77.4 Å². The van der Waals surface area contributed by atoms with E-state index in [-0.39, 0.29) is 0 Å². The minimum absolute atomic E-state index is 0.507. The maximum Gasteiger partial charge on any atom is 0.128 e. The standard InChI is InChI=1S/C21H18N2O/c1-14-10-16(19-8-9-21(23)20(13-22)15(19)2)12-18(11-14)24-17-6-4-3-5-7-17/h3-12H,23H2,1-2H3. The molecule has 0 heterocycles. The van der Waals surface area contributed by atoms with Gasteiger partial charge in [0.15, 0.2) is 0 Å². The van der Waals surface area contributed by atoms with Gasteiger partial charge in [0, 0.05) is 5.69 Å². The number of benzene rings is 3. The average Bonchev–Trinajstić information content (AvgIpc) is 2.55. The molecule has 24 heavy (non-hydrogen) atoms. The number of para-hydroxylation sites is 1. The van der Waals surface area contributed by atoms with Crippen LogP contribution >= 0.6 is 0 Å². The third-order valence-electron chi connectivity index (χ3n) is 3.95. The lowest BCUT2D eigenvalue weighted by molar-refractivity contribution is 0.482. The van der Waals surface area contributed by atoms with Gasteiger partial charge in [0.25, 0.3) is 0 Å². The summed E-state index contributed by atoms with van der Waals surface area (Å²) in [5, 5.41) is 9.32. The molecule has 0 bridgehead atoms. The van der Waals surface area contributed by atoms with Gasteiger partial charge in [-0.15, -0.1) is 0 Å². The van der Waals surface area contributed by atoms with Gasteiger partial charge in [-0.3, -0.25) is 0 Å². The van der Waals surface area contributed by atoms with Gasteiger partial charge in [-0.05, 0) is 66.4 Å². The van der Waals surface area contributed by atoms with Crippen LogP contribution < -0.4 is 10.5 Å². The van der Waals surface area contributed by atoms with Crippen molar-refractivity contribution in [1.82, 2.24) is 0 Å². The first-order valence-electron chi connectivity index (χ1n) is 7.72. The first-order chi connectivity index (χ1) is 11.6. The van der Waals surface area contributed by atoms with Crippen molar-refractivity contribution in [3.8, 4) is 28.7 Å². The summed E-state index contributed by atoms with van der Waals surface area (Å²) >= 11 is 0. The Labute approximate surface area is 141 Å². The summed E-state index contributed by atoms with van der Waals surface area (Å²) in [6, 6.07) is 21.7. The van der Waals surface area contributed by atoms with E-state index >= 15 is 0 Å². The van der Waals surface area contributed by atoms with Crippen molar-refractivity contribution in [3.63, 3.8) is 0 Å². The molecule has 3 rings (SSSR count). The fourth-order valence-corrected chi connectivity index (χ4v) is 2.78. The number of nitrogens with two attached hydrogens (primary N) is 1. The van der Waals surface area contributed by atoms with E-state index in [1.165, 1.54) is 0 Å². The van der Waals surface area contributed by atoms with Crippen molar-refractivity contribution in [2.75, 3.05) is 5.73 Å². The predicted octanol–water partition coefficient (Wildman–Crippen LogP) is 5.22. The molecule has 0 atom stereocenters. The molecule has 0 aliphatic rings. The molecule has 0 fully saturated rings. The molecule has 118 valence electrons. The minimum atomic E-state index is 0.507. The lowest BCUT2D eigenvalue weighted by Crippen LogP contribution is -1.96. The number of hydrogen-bond donors (Lipinski definition) is 1. The summed E-state index contributed by atoms with van der Waals surface area (Å²) in [5.74, 6) is 1.56. The fourth-order valence-electron chi connectivity index (χ4n) is 2.78. The number of ether oxygens (including phenoxy) is 1. The molecule has 0 aliphatic carbocycles. The molecule has 0 unspecified atom stereocenters. The van der Waals surface area contributed by atoms with E-state index in [9.17, 15) is 5.26 Å². The first-order valence-corrected chi connectivity index (χ1v) is 7.72. The highest BCUT2D eigenvalue weighted by Crippen LogP contribution is 2.33. The Morgan fingerprint density at radius 2 is 1.67 bits per heavy atom. The monoisotopic (exact) mass is 314 g/mol. The fraction of sp³-hybridized carbons (Fsp3) is 0.0952. The second-order valence-electron chi connectivity index (χ2n) is 5.76. The van der Waals surface area contributed by atoms with Crippen LogP contribution in [0.2, 0.25) is 0 Å². The van der Waals surface area contributed by atoms with Crippen LogP contribution in [0.1, 0.15) is 16.7 Å². The smallest absolute Gasteiger partial charge is 0.128 e. The normalized spacial score (nSPS) is 10.2. The van der Waals surface area contributed by atoms with E-state index < -0.39 is 0 Å². The Bertz CT molecular complexity index is 925. The molecule has 0 aromatic heterocycles. The molecule has 2 N–H and O–H groups in total. The van der Waals surface area contributed by atoms with Crippen molar-refractivity contribution < 1.29 is 4.74 Å². The number of anilines is 1. The van der Waals surface area contributed by atoms with Crippen LogP contribution in [0.4, 0.5) is 5.69 Å². The Morgan fingerprint density at radius 3 is 2.38 bits per heavy atom. The van der Waals surface area contributed by atoms with Crippen molar-refractivity contribution in [1.29, 1.82) is 5.26 Å². The lowest BCUT2D eigenvalue weighted by Gasteiger charge is -2.13. The Kier molecular flexibility index (Phi) is 4.22. The summed E-state index contributed by atoms with van der Waals surface area (Å²) < 4.78 is 5.95. The Hall–Kier alpha value is -3.25. The minimum Gasteiger partial charge on any atom is -0.457 e. The van der Waals surface area contributed by atoms with Gasteiger partial charge in [-0.2, -0.15) is 5.26 Å². The molecule has 0 aliphatic heterocycles. The van der Waals surface area contributed by atoms with E-state index in [0.29, 0.717) is 11.3 Å². The Morgan fingerprint density at radius 1 is 0.917 bits per heavy atom. The van der Waals surface area contributed by atoms with E-state index in [0.717, 1.165) is 33.8 Å². The molecular formula is C21H18N2O. The van der Waals surface area contributed by atoms with Gasteiger partial charge in [0.1, 0.15) is 17.6 Å². The van der Waals surface area contributed by atoms with Gasteiger partial charge < -0.3 is 10.5 Å². The molecule has 0 radical (unpaired) electrons. The third-order valence-corrected chi connectivity index (χ3v) is 3.95. The maximum atomic E-state index is 9.32. The highest BCUT2D eigenvalue weighted by molar-refractivity contribution is 5.76. The largest absolute Gasteiger partial charge is 0.457 e. The van der Waals surface area contributed by atoms with E-state index in [1.807, 2.05) is 62.4 Å². The molecule has 3 aromatic rings. The molecule has 3 heteroatoms. The topological polar surface area (TPSA) is 59.0 Å². The summed E-state index contributed by atoms with van der Waals surface area (Å²) in [6.45, 7) is 3.95. The molecule has 3 aromatic carbocycles. The van der Waals surface area contributed by atoms with E-state index in [1.54, 1.807) is 6.07 Å². The van der Waals surface area contributed by atoms with Gasteiger partial charge in [-0.25, -0.2) is 0 Å². The summed E-state index contributed by atoms with van der Waals surface area (Å²) in [5.41, 5.74) is 10.9. The quantitative estimate of drug-likeness (QED) is 0.674. The molecule has 0 saturated heterocycles. The van der Waals surface area contributed by atoms with Gasteiger partial charge >= 0.3 is 0 Å².